The van der Waals surface area contributed by atoms with Crippen molar-refractivity contribution >= 4 is 16.9 Å². The van der Waals surface area contributed by atoms with Crippen LogP contribution in [-0.4, -0.2) is 25.3 Å². The average Bonchev–Trinajstić information content (AvgIpc) is 3.50. The van der Waals surface area contributed by atoms with Gasteiger partial charge in [0.05, 0.1) is 12.0 Å². The van der Waals surface area contributed by atoms with Crippen molar-refractivity contribution in [3.05, 3.63) is 70.1 Å². The second-order valence-electron chi connectivity index (χ2n) is 17.9. The third-order valence-electron chi connectivity index (χ3n) is 14.3. The highest BCUT2D eigenvalue weighted by molar-refractivity contribution is 5.80. The van der Waals surface area contributed by atoms with Gasteiger partial charge in [0.15, 0.2) is 6.61 Å². The van der Waals surface area contributed by atoms with Gasteiger partial charge in [-0.2, -0.15) is 0 Å². The Hall–Kier alpha value is -3.74. The molecule has 0 amide bonds. The molecule has 7 heteroatoms. The lowest BCUT2D eigenvalue weighted by Gasteiger charge is -2.58. The predicted octanol–water partition coefficient (Wildman–Crippen LogP) is 11.6. The normalized spacial score (nSPS) is 29.5. The summed E-state index contributed by atoms with van der Waals surface area (Å²) in [5.41, 5.74) is 2.29. The molecule has 2 aromatic carbocycles. The van der Waals surface area contributed by atoms with Crippen molar-refractivity contribution in [1.29, 1.82) is 0 Å². The number of ether oxygens (including phenoxy) is 4. The van der Waals surface area contributed by atoms with Crippen LogP contribution in [0.3, 0.4) is 0 Å². The summed E-state index contributed by atoms with van der Waals surface area (Å²) in [7, 11) is 0. The number of hydrogen-bond acceptors (Lipinski definition) is 7. The van der Waals surface area contributed by atoms with E-state index >= 15 is 0 Å². The Kier molecular flexibility index (Phi) is 11.3. The zero-order valence-electron chi connectivity index (χ0n) is 33.7. The van der Waals surface area contributed by atoms with Gasteiger partial charge in [-0.15, -0.1) is 0 Å². The summed E-state index contributed by atoms with van der Waals surface area (Å²) in [4.78, 5) is 26.4. The standard InChI is InChI=1S/C47H62O7/c1-8-50-33-13-15-34(16-14-33)54-45-31(5)52-42-27-35(17-19-38(42)44(45)49)51-28-43(48)53-36-22-24-46(6)32(26-36)12-18-37-40-21-20-39(30(4)11-9-10-29(2)3)47(40,7)25-23-41(37)46/h12-17,19,27,29-30,36-37,39-41H,8-11,18,20-26,28H2,1-7H3/t30-,36-,37+,39-,40+,41+,46-,47-/m0/s1. The number of allylic oxidation sites excluding steroid dienone is 1. The number of esters is 1. The van der Waals surface area contributed by atoms with Crippen LogP contribution in [-0.2, 0) is 9.53 Å². The van der Waals surface area contributed by atoms with Gasteiger partial charge in [0.25, 0.3) is 0 Å². The number of carbonyl (C=O) groups excluding carboxylic acids is 1. The molecule has 7 rings (SSSR count). The highest BCUT2D eigenvalue weighted by atomic mass is 16.6. The fraction of sp³-hybridized carbons (Fsp3) is 0.617. The Morgan fingerprint density at radius 1 is 0.907 bits per heavy atom. The molecule has 1 heterocycles. The number of hydrogen-bond donors (Lipinski definition) is 0. The van der Waals surface area contributed by atoms with Crippen LogP contribution < -0.4 is 19.6 Å². The smallest absolute Gasteiger partial charge is 0.344 e. The number of rotatable bonds is 13. The van der Waals surface area contributed by atoms with E-state index in [0.29, 0.717) is 40.3 Å². The van der Waals surface area contributed by atoms with E-state index in [4.69, 9.17) is 23.4 Å². The van der Waals surface area contributed by atoms with Gasteiger partial charge in [0, 0.05) is 12.5 Å². The molecule has 1 aromatic heterocycles. The molecule has 0 radical (unpaired) electrons. The molecule has 8 atom stereocenters. The maximum atomic E-state index is 13.3. The average molecular weight is 739 g/mol. The van der Waals surface area contributed by atoms with Crippen molar-refractivity contribution in [3.63, 3.8) is 0 Å². The first-order chi connectivity index (χ1) is 25.9. The van der Waals surface area contributed by atoms with E-state index < -0.39 is 0 Å². The zero-order chi connectivity index (χ0) is 38.2. The van der Waals surface area contributed by atoms with E-state index in [0.717, 1.165) is 60.5 Å². The van der Waals surface area contributed by atoms with Crippen molar-refractivity contribution in [1.82, 2.24) is 0 Å². The number of fused-ring (bicyclic) bond motifs is 6. The third kappa shape index (κ3) is 7.58. The minimum Gasteiger partial charge on any atom is -0.494 e. The van der Waals surface area contributed by atoms with Gasteiger partial charge >= 0.3 is 5.97 Å². The van der Waals surface area contributed by atoms with Crippen molar-refractivity contribution in [2.75, 3.05) is 13.2 Å². The summed E-state index contributed by atoms with van der Waals surface area (Å²) in [6.07, 6.45) is 16.0. The molecule has 292 valence electrons. The van der Waals surface area contributed by atoms with Gasteiger partial charge in [0.2, 0.25) is 11.2 Å². The maximum absolute atomic E-state index is 13.3. The Balaban J connectivity index is 0.936. The summed E-state index contributed by atoms with van der Waals surface area (Å²) in [6, 6.07) is 12.1. The SMILES string of the molecule is CCOc1ccc(Oc2c(C)oc3cc(OCC(=O)O[C@H]4CC[C@@]5(C)C(=CC[C@@H]6[C@H]7CC[C@@H]([C@@H](C)CCCC(C)C)[C@]7(C)CC[C@H]65)C4)ccc3c2=O)cc1. The Morgan fingerprint density at radius 2 is 1.67 bits per heavy atom. The van der Waals surface area contributed by atoms with Crippen LogP contribution in [0.2, 0.25) is 0 Å². The molecule has 4 aliphatic rings. The van der Waals surface area contributed by atoms with E-state index in [-0.39, 0.29) is 35.3 Å². The third-order valence-corrected chi connectivity index (χ3v) is 14.3. The van der Waals surface area contributed by atoms with Gasteiger partial charge in [-0.3, -0.25) is 4.79 Å². The molecule has 0 spiro atoms. The second kappa shape index (κ2) is 15.8. The van der Waals surface area contributed by atoms with Gasteiger partial charge in [-0.1, -0.05) is 65.5 Å². The topological polar surface area (TPSA) is 84.2 Å². The van der Waals surface area contributed by atoms with Crippen molar-refractivity contribution in [3.8, 4) is 23.0 Å². The summed E-state index contributed by atoms with van der Waals surface area (Å²) in [6.45, 7) is 16.4. The quantitative estimate of drug-likeness (QED) is 0.127. The molecule has 4 aliphatic carbocycles. The van der Waals surface area contributed by atoms with Crippen LogP contribution in [0, 0.1) is 53.3 Å². The van der Waals surface area contributed by atoms with Crippen LogP contribution in [0.25, 0.3) is 11.0 Å². The first-order valence-electron chi connectivity index (χ1n) is 20.9. The molecular formula is C47H62O7. The lowest BCUT2D eigenvalue weighted by molar-refractivity contribution is -0.153. The summed E-state index contributed by atoms with van der Waals surface area (Å²) in [5, 5.41) is 0.367. The fourth-order valence-corrected chi connectivity index (χ4v) is 11.5. The lowest BCUT2D eigenvalue weighted by Crippen LogP contribution is -2.51. The van der Waals surface area contributed by atoms with Crippen molar-refractivity contribution in [2.24, 2.45) is 46.3 Å². The Labute approximate surface area is 322 Å². The molecular weight excluding hydrogens is 677 g/mol. The Bertz CT molecular complexity index is 1890. The van der Waals surface area contributed by atoms with Crippen molar-refractivity contribution in [2.45, 2.75) is 125 Å². The highest BCUT2D eigenvalue weighted by Crippen LogP contribution is 2.67. The maximum Gasteiger partial charge on any atom is 0.344 e. The molecule has 3 fully saturated rings. The van der Waals surface area contributed by atoms with E-state index in [1.165, 1.54) is 56.9 Å². The van der Waals surface area contributed by atoms with Crippen molar-refractivity contribution < 1.29 is 28.2 Å². The first kappa shape index (κ1) is 38.5. The first-order valence-corrected chi connectivity index (χ1v) is 20.9. The monoisotopic (exact) mass is 738 g/mol. The van der Waals surface area contributed by atoms with Crippen LogP contribution in [0.4, 0.5) is 0 Å². The van der Waals surface area contributed by atoms with Crippen LogP contribution in [0.15, 0.2) is 63.3 Å². The lowest BCUT2D eigenvalue weighted by atomic mass is 9.47. The van der Waals surface area contributed by atoms with E-state index in [1.54, 1.807) is 49.4 Å². The largest absolute Gasteiger partial charge is 0.494 e. The minimum absolute atomic E-state index is 0.126. The molecule has 7 nitrogen and oxygen atoms in total. The molecule has 3 saturated carbocycles. The molecule has 0 N–H and O–H groups in total. The van der Waals surface area contributed by atoms with Crippen LogP contribution >= 0.6 is 0 Å². The molecule has 0 saturated heterocycles. The van der Waals surface area contributed by atoms with Crippen LogP contribution in [0.1, 0.15) is 118 Å². The number of benzene rings is 2. The highest BCUT2D eigenvalue weighted by Gasteiger charge is 2.59. The molecule has 3 aromatic rings. The molecule has 0 aliphatic heterocycles. The van der Waals surface area contributed by atoms with Gasteiger partial charge in [0.1, 0.15) is 34.7 Å². The van der Waals surface area contributed by atoms with E-state index in [1.807, 2.05) is 6.92 Å². The van der Waals surface area contributed by atoms with E-state index in [2.05, 4.69) is 40.7 Å². The Morgan fingerprint density at radius 3 is 2.43 bits per heavy atom. The summed E-state index contributed by atoms with van der Waals surface area (Å²) in [5.74, 6) is 6.62. The summed E-state index contributed by atoms with van der Waals surface area (Å²) < 4.78 is 29.3. The molecule has 54 heavy (non-hydrogen) atoms. The van der Waals surface area contributed by atoms with Gasteiger partial charge in [-0.05, 0) is 142 Å². The molecule has 0 bridgehead atoms. The number of aryl methyl sites for hydroxylation is 1. The minimum atomic E-state index is -0.373. The van der Waals surface area contributed by atoms with Gasteiger partial charge < -0.3 is 23.4 Å². The van der Waals surface area contributed by atoms with E-state index in [9.17, 15) is 9.59 Å². The molecule has 0 unspecified atom stereocenters. The summed E-state index contributed by atoms with van der Waals surface area (Å²) >= 11 is 0. The van der Waals surface area contributed by atoms with Gasteiger partial charge in [-0.25, -0.2) is 4.79 Å². The number of carbonyl (C=O) groups is 1. The zero-order valence-corrected chi connectivity index (χ0v) is 33.7. The predicted molar refractivity (Wildman–Crippen MR) is 213 cm³/mol. The second-order valence-corrected chi connectivity index (χ2v) is 17.9. The van der Waals surface area contributed by atoms with Crippen LogP contribution in [0.5, 0.6) is 23.0 Å². The fourth-order valence-electron chi connectivity index (χ4n) is 11.5.